The van der Waals surface area contributed by atoms with Crippen molar-refractivity contribution in [3.05, 3.63) is 36.0 Å². The van der Waals surface area contributed by atoms with E-state index < -0.39 is 0 Å². The van der Waals surface area contributed by atoms with Gasteiger partial charge in [0.2, 0.25) is 5.91 Å². The fourth-order valence-corrected chi connectivity index (χ4v) is 3.72. The maximum Gasteiger partial charge on any atom is 0.225 e. The molecule has 2 aliphatic heterocycles. The lowest BCUT2D eigenvalue weighted by atomic mass is 10.1. The summed E-state index contributed by atoms with van der Waals surface area (Å²) in [5.74, 6) is 1.07. The van der Waals surface area contributed by atoms with Gasteiger partial charge in [-0.1, -0.05) is 33.4 Å². The highest BCUT2D eigenvalue weighted by Crippen LogP contribution is 2.28. The number of ether oxygens (including phenoxy) is 1. The molecule has 1 unspecified atom stereocenters. The molecular weight excluding hydrogens is 376 g/mol. The summed E-state index contributed by atoms with van der Waals surface area (Å²) in [4.78, 5) is 16.7. The third kappa shape index (κ3) is 8.00. The first kappa shape index (κ1) is 26.0. The van der Waals surface area contributed by atoms with Gasteiger partial charge >= 0.3 is 0 Å². The molecule has 170 valence electrons. The molecule has 1 aromatic rings. The summed E-state index contributed by atoms with van der Waals surface area (Å²) >= 11 is 0. The van der Waals surface area contributed by atoms with E-state index in [-0.39, 0.29) is 13.3 Å². The topological polar surface area (TPSA) is 56.8 Å². The van der Waals surface area contributed by atoms with Crippen molar-refractivity contribution >= 4 is 11.6 Å². The summed E-state index contributed by atoms with van der Waals surface area (Å²) < 4.78 is 5.74. The van der Waals surface area contributed by atoms with Gasteiger partial charge in [-0.25, -0.2) is 0 Å². The van der Waals surface area contributed by atoms with Crippen molar-refractivity contribution in [2.24, 2.45) is 0 Å². The molecule has 30 heavy (non-hydrogen) atoms. The van der Waals surface area contributed by atoms with Crippen LogP contribution < -0.4 is 15.4 Å². The lowest BCUT2D eigenvalue weighted by Crippen LogP contribution is -2.52. The number of allylic oxidation sites excluding steroid dienone is 1. The van der Waals surface area contributed by atoms with Crippen LogP contribution in [0.15, 0.2) is 30.5 Å². The van der Waals surface area contributed by atoms with Crippen LogP contribution >= 0.6 is 0 Å². The van der Waals surface area contributed by atoms with Crippen molar-refractivity contribution in [2.45, 2.75) is 54.0 Å². The van der Waals surface area contributed by atoms with E-state index in [9.17, 15) is 4.79 Å². The van der Waals surface area contributed by atoms with Crippen molar-refractivity contribution in [3.8, 4) is 5.75 Å². The normalized spacial score (nSPS) is 18.9. The number of benzene rings is 1. The van der Waals surface area contributed by atoms with Gasteiger partial charge in [-0.15, -0.1) is 0 Å². The fourth-order valence-electron chi connectivity index (χ4n) is 3.72. The zero-order valence-corrected chi connectivity index (χ0v) is 18.5. The SMILES string of the molecule is C.C/C=C/NC(=O)CCN1CCN(CCc2ccc3c(c2)OCCN3)CC1C.CC. The molecule has 1 amide bonds. The summed E-state index contributed by atoms with van der Waals surface area (Å²) in [5, 5.41) is 6.15. The minimum atomic E-state index is 0. The fraction of sp³-hybridized carbons (Fsp3) is 0.625. The van der Waals surface area contributed by atoms with Crippen LogP contribution in [0.25, 0.3) is 0 Å². The molecule has 0 aliphatic carbocycles. The Morgan fingerprint density at radius 2 is 2.10 bits per heavy atom. The highest BCUT2D eigenvalue weighted by molar-refractivity contribution is 5.77. The smallest absolute Gasteiger partial charge is 0.225 e. The second-order valence-corrected chi connectivity index (χ2v) is 7.36. The van der Waals surface area contributed by atoms with E-state index in [1.807, 2.05) is 26.8 Å². The van der Waals surface area contributed by atoms with E-state index in [0.29, 0.717) is 12.5 Å². The van der Waals surface area contributed by atoms with Gasteiger partial charge in [-0.2, -0.15) is 0 Å². The average molecular weight is 419 g/mol. The standard InChI is InChI=1S/C21H32N4O2.C2H6.CH4/c1-3-8-23-21(26)7-11-25-13-12-24(16-17(25)2)10-6-18-4-5-19-20(15-18)27-14-9-22-19;1-2;/h3-5,8,15,17,22H,6-7,9-14,16H2,1-2H3,(H,23,26);1-2H3;1H4/b8-3+;;. The third-order valence-electron chi connectivity index (χ3n) is 5.32. The summed E-state index contributed by atoms with van der Waals surface area (Å²) in [5.41, 5.74) is 2.43. The minimum Gasteiger partial charge on any atom is -0.490 e. The second kappa shape index (κ2) is 14.0. The second-order valence-electron chi connectivity index (χ2n) is 7.36. The molecule has 1 saturated heterocycles. The number of carbonyl (C=O) groups is 1. The minimum absolute atomic E-state index is 0. The van der Waals surface area contributed by atoms with Gasteiger partial charge in [0.25, 0.3) is 0 Å². The Morgan fingerprint density at radius 1 is 1.30 bits per heavy atom. The Kier molecular flexibility index (Phi) is 12.2. The average Bonchev–Trinajstić information content (AvgIpc) is 2.76. The summed E-state index contributed by atoms with van der Waals surface area (Å²) in [6.07, 6.45) is 5.13. The number of fused-ring (bicyclic) bond motifs is 1. The highest BCUT2D eigenvalue weighted by Gasteiger charge is 2.23. The molecule has 6 heteroatoms. The van der Waals surface area contributed by atoms with Crippen LogP contribution in [0.3, 0.4) is 0 Å². The third-order valence-corrected chi connectivity index (χ3v) is 5.32. The zero-order valence-electron chi connectivity index (χ0n) is 18.5. The molecule has 0 saturated carbocycles. The number of amides is 1. The van der Waals surface area contributed by atoms with E-state index in [0.717, 1.165) is 63.7 Å². The summed E-state index contributed by atoms with van der Waals surface area (Å²) in [6.45, 7) is 14.8. The first-order chi connectivity index (χ1) is 14.2. The van der Waals surface area contributed by atoms with E-state index >= 15 is 0 Å². The highest BCUT2D eigenvalue weighted by atomic mass is 16.5. The monoisotopic (exact) mass is 418 g/mol. The van der Waals surface area contributed by atoms with Crippen LogP contribution in [0, 0.1) is 0 Å². The molecule has 2 aliphatic rings. The first-order valence-corrected chi connectivity index (χ1v) is 11.0. The van der Waals surface area contributed by atoms with Crippen LogP contribution in [-0.2, 0) is 11.2 Å². The number of piperazine rings is 1. The number of nitrogens with zero attached hydrogens (tertiary/aromatic N) is 2. The van der Waals surface area contributed by atoms with Gasteiger partial charge in [0, 0.05) is 51.7 Å². The number of hydrogen-bond donors (Lipinski definition) is 2. The number of anilines is 1. The molecule has 2 N–H and O–H groups in total. The van der Waals surface area contributed by atoms with E-state index in [1.54, 1.807) is 6.20 Å². The van der Waals surface area contributed by atoms with Crippen LogP contribution in [0.1, 0.15) is 47.1 Å². The largest absolute Gasteiger partial charge is 0.490 e. The van der Waals surface area contributed by atoms with Crippen LogP contribution in [-0.4, -0.2) is 67.6 Å². The molecule has 3 rings (SSSR count). The first-order valence-electron chi connectivity index (χ1n) is 11.0. The van der Waals surface area contributed by atoms with Gasteiger partial charge in [0.15, 0.2) is 0 Å². The van der Waals surface area contributed by atoms with Crippen molar-refractivity contribution in [2.75, 3.05) is 51.2 Å². The van der Waals surface area contributed by atoms with Gasteiger partial charge in [-0.05, 0) is 44.2 Å². The molecular formula is C24H42N4O2. The van der Waals surface area contributed by atoms with Gasteiger partial charge in [0.1, 0.15) is 12.4 Å². The lowest BCUT2D eigenvalue weighted by Gasteiger charge is -2.39. The number of carbonyl (C=O) groups excluding carboxylic acids is 1. The van der Waals surface area contributed by atoms with Gasteiger partial charge in [-0.3, -0.25) is 9.69 Å². The summed E-state index contributed by atoms with van der Waals surface area (Å²) in [6, 6.07) is 6.97. The molecule has 6 nitrogen and oxygen atoms in total. The Labute approximate surface area is 183 Å². The Morgan fingerprint density at radius 3 is 2.83 bits per heavy atom. The van der Waals surface area contributed by atoms with Gasteiger partial charge in [0.05, 0.1) is 5.69 Å². The van der Waals surface area contributed by atoms with Crippen molar-refractivity contribution in [1.82, 2.24) is 15.1 Å². The lowest BCUT2D eigenvalue weighted by molar-refractivity contribution is -0.120. The Balaban J connectivity index is 0.00000146. The molecule has 0 aromatic heterocycles. The van der Waals surface area contributed by atoms with E-state index in [1.165, 1.54) is 5.56 Å². The van der Waals surface area contributed by atoms with Crippen LogP contribution in [0.5, 0.6) is 5.75 Å². The predicted octanol–water partition coefficient (Wildman–Crippen LogP) is 3.74. The van der Waals surface area contributed by atoms with Crippen molar-refractivity contribution < 1.29 is 9.53 Å². The van der Waals surface area contributed by atoms with Crippen LogP contribution in [0.4, 0.5) is 5.69 Å². The number of hydrogen-bond acceptors (Lipinski definition) is 5. The van der Waals surface area contributed by atoms with E-state index in [2.05, 4.69) is 45.6 Å². The molecule has 2 heterocycles. The van der Waals surface area contributed by atoms with Gasteiger partial charge < -0.3 is 20.3 Å². The Bertz CT molecular complexity index is 663. The molecule has 1 aromatic carbocycles. The molecule has 0 radical (unpaired) electrons. The molecule has 1 fully saturated rings. The van der Waals surface area contributed by atoms with Crippen molar-refractivity contribution in [1.29, 1.82) is 0 Å². The number of nitrogens with one attached hydrogen (secondary N) is 2. The summed E-state index contributed by atoms with van der Waals surface area (Å²) in [7, 11) is 0. The zero-order chi connectivity index (χ0) is 21.1. The van der Waals surface area contributed by atoms with Crippen molar-refractivity contribution in [3.63, 3.8) is 0 Å². The maximum atomic E-state index is 11.8. The van der Waals surface area contributed by atoms with Crippen LogP contribution in [0.2, 0.25) is 0 Å². The molecule has 1 atom stereocenters. The maximum absolute atomic E-state index is 11.8. The quantitative estimate of drug-likeness (QED) is 0.706. The predicted molar refractivity (Wildman–Crippen MR) is 127 cm³/mol. The molecule has 0 spiro atoms. The molecule has 0 bridgehead atoms. The Hall–Kier alpha value is -2.05. The number of rotatable bonds is 7. The van der Waals surface area contributed by atoms with E-state index in [4.69, 9.17) is 4.74 Å².